The standard InChI is InChI=1S/C19H20N4OS2/c1-13-5-3-4-6-16(13)23-12-20-21-19(23)26-14(2)18(24)22-9-7-17-15(11-22)8-10-25-17/h3-6,8,10,12,14H,7,9,11H2,1-2H3. The molecule has 3 heterocycles. The van der Waals surface area contributed by atoms with Crippen LogP contribution in [-0.2, 0) is 17.8 Å². The Kier molecular flexibility index (Phi) is 4.82. The number of carbonyl (C=O) groups is 1. The lowest BCUT2D eigenvalue weighted by Crippen LogP contribution is -2.39. The summed E-state index contributed by atoms with van der Waals surface area (Å²) in [6, 6.07) is 10.2. The van der Waals surface area contributed by atoms with E-state index in [1.807, 2.05) is 34.6 Å². The van der Waals surface area contributed by atoms with Crippen LogP contribution in [0.5, 0.6) is 0 Å². The van der Waals surface area contributed by atoms with Crippen molar-refractivity contribution in [2.24, 2.45) is 0 Å². The van der Waals surface area contributed by atoms with Crippen molar-refractivity contribution in [3.8, 4) is 5.69 Å². The zero-order valence-electron chi connectivity index (χ0n) is 14.8. The van der Waals surface area contributed by atoms with Gasteiger partial charge in [0.05, 0.1) is 10.9 Å². The second-order valence-corrected chi connectivity index (χ2v) is 8.72. The normalized spacial score (nSPS) is 14.9. The molecule has 0 fully saturated rings. The van der Waals surface area contributed by atoms with Gasteiger partial charge in [-0.3, -0.25) is 9.36 Å². The largest absolute Gasteiger partial charge is 0.337 e. The van der Waals surface area contributed by atoms with E-state index < -0.39 is 0 Å². The van der Waals surface area contributed by atoms with E-state index in [0.717, 1.165) is 29.4 Å². The molecule has 0 saturated heterocycles. The summed E-state index contributed by atoms with van der Waals surface area (Å²) in [4.78, 5) is 16.3. The summed E-state index contributed by atoms with van der Waals surface area (Å²) in [5, 5.41) is 10.9. The van der Waals surface area contributed by atoms with Gasteiger partial charge in [-0.05, 0) is 48.9 Å². The second-order valence-electron chi connectivity index (χ2n) is 6.41. The monoisotopic (exact) mass is 384 g/mol. The first kappa shape index (κ1) is 17.3. The van der Waals surface area contributed by atoms with E-state index in [-0.39, 0.29) is 11.2 Å². The number of fused-ring (bicyclic) bond motifs is 1. The highest BCUT2D eigenvalue weighted by molar-refractivity contribution is 8.00. The summed E-state index contributed by atoms with van der Waals surface area (Å²) < 4.78 is 1.96. The van der Waals surface area contributed by atoms with Crippen molar-refractivity contribution in [1.29, 1.82) is 0 Å². The van der Waals surface area contributed by atoms with E-state index in [9.17, 15) is 4.79 Å². The zero-order chi connectivity index (χ0) is 18.1. The van der Waals surface area contributed by atoms with Gasteiger partial charge in [0.2, 0.25) is 5.91 Å². The topological polar surface area (TPSA) is 51.0 Å². The molecule has 0 spiro atoms. The van der Waals surface area contributed by atoms with Crippen LogP contribution in [0.4, 0.5) is 0 Å². The average molecular weight is 385 g/mol. The summed E-state index contributed by atoms with van der Waals surface area (Å²) in [5.74, 6) is 0.159. The molecule has 2 aromatic heterocycles. The van der Waals surface area contributed by atoms with Crippen molar-refractivity contribution in [1.82, 2.24) is 19.7 Å². The third kappa shape index (κ3) is 3.29. The molecular formula is C19H20N4OS2. The molecule has 4 rings (SSSR count). The molecule has 0 N–H and O–H groups in total. The van der Waals surface area contributed by atoms with Crippen molar-refractivity contribution in [3.63, 3.8) is 0 Å². The lowest BCUT2D eigenvalue weighted by Gasteiger charge is -2.29. The first-order valence-corrected chi connectivity index (χ1v) is 10.4. The Morgan fingerprint density at radius 3 is 3.00 bits per heavy atom. The summed E-state index contributed by atoms with van der Waals surface area (Å²) in [5.41, 5.74) is 3.48. The lowest BCUT2D eigenvalue weighted by molar-refractivity contribution is -0.131. The number of aryl methyl sites for hydroxylation is 1. The van der Waals surface area contributed by atoms with Gasteiger partial charge >= 0.3 is 0 Å². The summed E-state index contributed by atoms with van der Waals surface area (Å²) in [6.07, 6.45) is 2.66. The maximum absolute atomic E-state index is 12.9. The number of carbonyl (C=O) groups excluding carboxylic acids is 1. The molecule has 5 nitrogen and oxygen atoms in total. The third-order valence-electron chi connectivity index (χ3n) is 4.64. The van der Waals surface area contributed by atoms with Gasteiger partial charge in [-0.1, -0.05) is 30.0 Å². The van der Waals surface area contributed by atoms with E-state index in [4.69, 9.17) is 0 Å². The first-order chi connectivity index (χ1) is 12.6. The van der Waals surface area contributed by atoms with Gasteiger partial charge in [-0.15, -0.1) is 21.5 Å². The molecular weight excluding hydrogens is 364 g/mol. The maximum atomic E-state index is 12.9. The minimum absolute atomic E-state index is 0.159. The van der Waals surface area contributed by atoms with Crippen LogP contribution in [0.25, 0.3) is 5.69 Å². The molecule has 134 valence electrons. The SMILES string of the molecule is Cc1ccccc1-n1cnnc1SC(C)C(=O)N1CCc2sccc2C1. The number of hydrogen-bond acceptors (Lipinski definition) is 5. The van der Waals surface area contributed by atoms with Crippen molar-refractivity contribution < 1.29 is 4.79 Å². The molecule has 0 saturated carbocycles. The Hall–Kier alpha value is -2.12. The maximum Gasteiger partial charge on any atom is 0.236 e. The summed E-state index contributed by atoms with van der Waals surface area (Å²) in [6.45, 7) is 5.52. The fraction of sp³-hybridized carbons (Fsp3) is 0.316. The molecule has 0 aliphatic carbocycles. The van der Waals surface area contributed by atoms with Gasteiger partial charge in [0.1, 0.15) is 6.33 Å². The highest BCUT2D eigenvalue weighted by Crippen LogP contribution is 2.29. The van der Waals surface area contributed by atoms with Crippen molar-refractivity contribution in [2.75, 3.05) is 6.54 Å². The van der Waals surface area contributed by atoms with Crippen molar-refractivity contribution in [2.45, 2.75) is 37.2 Å². The molecule has 1 unspecified atom stereocenters. The fourth-order valence-electron chi connectivity index (χ4n) is 3.21. The molecule has 3 aromatic rings. The van der Waals surface area contributed by atoms with Crippen LogP contribution in [-0.4, -0.2) is 37.4 Å². The first-order valence-electron chi connectivity index (χ1n) is 8.60. The van der Waals surface area contributed by atoms with Crippen LogP contribution >= 0.6 is 23.1 Å². The van der Waals surface area contributed by atoms with Crippen LogP contribution in [0.15, 0.2) is 47.2 Å². The number of nitrogens with zero attached hydrogens (tertiary/aromatic N) is 4. The van der Waals surface area contributed by atoms with Crippen LogP contribution in [0, 0.1) is 6.92 Å². The Bertz CT molecular complexity index is 933. The molecule has 26 heavy (non-hydrogen) atoms. The Balaban J connectivity index is 1.49. The van der Waals surface area contributed by atoms with E-state index in [0.29, 0.717) is 6.54 Å². The van der Waals surface area contributed by atoms with Crippen LogP contribution in [0.3, 0.4) is 0 Å². The number of thiophene rings is 1. The number of para-hydroxylation sites is 1. The Morgan fingerprint density at radius 1 is 1.31 bits per heavy atom. The highest BCUT2D eigenvalue weighted by atomic mass is 32.2. The van der Waals surface area contributed by atoms with Crippen LogP contribution in [0.1, 0.15) is 22.9 Å². The Morgan fingerprint density at radius 2 is 2.15 bits per heavy atom. The van der Waals surface area contributed by atoms with E-state index >= 15 is 0 Å². The molecule has 0 bridgehead atoms. The van der Waals surface area contributed by atoms with Crippen LogP contribution < -0.4 is 0 Å². The third-order valence-corrected chi connectivity index (χ3v) is 6.71. The molecule has 0 radical (unpaired) electrons. The number of rotatable bonds is 4. The fourth-order valence-corrected chi connectivity index (χ4v) is 5.02. The quantitative estimate of drug-likeness (QED) is 0.644. The molecule has 1 aliphatic heterocycles. The predicted molar refractivity (Wildman–Crippen MR) is 105 cm³/mol. The van der Waals surface area contributed by atoms with Gasteiger partial charge in [0, 0.05) is 18.0 Å². The Labute approximate surface area is 161 Å². The number of thioether (sulfide) groups is 1. The minimum Gasteiger partial charge on any atom is -0.337 e. The molecule has 1 aromatic carbocycles. The summed E-state index contributed by atoms with van der Waals surface area (Å²) >= 11 is 3.25. The van der Waals surface area contributed by atoms with Gasteiger partial charge in [0.25, 0.3) is 0 Å². The smallest absolute Gasteiger partial charge is 0.236 e. The number of benzene rings is 1. The van der Waals surface area contributed by atoms with Gasteiger partial charge < -0.3 is 4.90 Å². The number of hydrogen-bond donors (Lipinski definition) is 0. The minimum atomic E-state index is -0.206. The van der Waals surface area contributed by atoms with Crippen molar-refractivity contribution in [3.05, 3.63) is 58.0 Å². The van der Waals surface area contributed by atoms with Crippen molar-refractivity contribution >= 4 is 29.0 Å². The molecule has 1 atom stereocenters. The summed E-state index contributed by atoms with van der Waals surface area (Å²) in [7, 11) is 0. The number of amides is 1. The van der Waals surface area contributed by atoms with Gasteiger partial charge in [-0.25, -0.2) is 0 Å². The average Bonchev–Trinajstić information content (AvgIpc) is 3.30. The van der Waals surface area contributed by atoms with E-state index in [1.54, 1.807) is 17.7 Å². The van der Waals surface area contributed by atoms with E-state index in [1.165, 1.54) is 22.2 Å². The molecule has 1 amide bonds. The highest BCUT2D eigenvalue weighted by Gasteiger charge is 2.27. The lowest BCUT2D eigenvalue weighted by atomic mass is 10.1. The zero-order valence-corrected chi connectivity index (χ0v) is 16.4. The second kappa shape index (κ2) is 7.25. The van der Waals surface area contributed by atoms with E-state index in [2.05, 4.69) is 34.6 Å². The molecule has 1 aliphatic rings. The number of aromatic nitrogens is 3. The van der Waals surface area contributed by atoms with Gasteiger partial charge in [-0.2, -0.15) is 0 Å². The van der Waals surface area contributed by atoms with Gasteiger partial charge in [0.15, 0.2) is 5.16 Å². The van der Waals surface area contributed by atoms with Crippen LogP contribution in [0.2, 0.25) is 0 Å². The predicted octanol–water partition coefficient (Wildman–Crippen LogP) is 3.70. The molecule has 7 heteroatoms.